The van der Waals surface area contributed by atoms with Gasteiger partial charge in [-0.2, -0.15) is 0 Å². The standard InChI is InChI=1S/C16H22N2O3/c1-12(2)5-3-4-9-18-16(21)14-8-10-17-11-13(14)6-7-15(19)20/h6-8,10-12H,3-5,9H2,1-2H3,(H,18,21)(H,19,20)/b7-6+. The van der Waals surface area contributed by atoms with Crippen molar-refractivity contribution in [3.63, 3.8) is 0 Å². The molecule has 0 saturated heterocycles. The lowest BCUT2D eigenvalue weighted by Crippen LogP contribution is -2.25. The maximum absolute atomic E-state index is 12.1. The Bertz CT molecular complexity index is 510. The predicted octanol–water partition coefficient (Wildman–Crippen LogP) is 2.74. The van der Waals surface area contributed by atoms with Crippen LogP contribution < -0.4 is 5.32 Å². The van der Waals surface area contributed by atoms with Crippen molar-refractivity contribution in [3.8, 4) is 0 Å². The van der Waals surface area contributed by atoms with E-state index in [9.17, 15) is 9.59 Å². The number of aromatic nitrogens is 1. The van der Waals surface area contributed by atoms with Gasteiger partial charge in [-0.15, -0.1) is 0 Å². The highest BCUT2D eigenvalue weighted by molar-refractivity contribution is 5.98. The molecule has 2 N–H and O–H groups in total. The number of carboxylic acid groups (broad SMARTS) is 1. The number of nitrogens with zero attached hydrogens (tertiary/aromatic N) is 1. The number of pyridine rings is 1. The zero-order chi connectivity index (χ0) is 15.7. The average Bonchev–Trinajstić information content (AvgIpc) is 2.44. The van der Waals surface area contributed by atoms with Crippen LogP contribution >= 0.6 is 0 Å². The van der Waals surface area contributed by atoms with Crippen molar-refractivity contribution in [1.29, 1.82) is 0 Å². The highest BCUT2D eigenvalue weighted by Crippen LogP contribution is 2.10. The molecule has 0 bridgehead atoms. The summed E-state index contributed by atoms with van der Waals surface area (Å²) in [5.41, 5.74) is 0.936. The first-order valence-electron chi connectivity index (χ1n) is 7.14. The van der Waals surface area contributed by atoms with E-state index in [1.165, 1.54) is 18.5 Å². The minimum atomic E-state index is -1.06. The summed E-state index contributed by atoms with van der Waals surface area (Å²) >= 11 is 0. The Morgan fingerprint density at radius 3 is 2.81 bits per heavy atom. The first-order chi connectivity index (χ1) is 10.0. The van der Waals surface area contributed by atoms with Crippen LogP contribution in [0.5, 0.6) is 0 Å². The van der Waals surface area contributed by atoms with Crippen LogP contribution in [0.4, 0.5) is 0 Å². The van der Waals surface area contributed by atoms with Gasteiger partial charge in [-0.3, -0.25) is 9.78 Å². The molecular formula is C16H22N2O3. The van der Waals surface area contributed by atoms with Crippen LogP contribution in [-0.4, -0.2) is 28.5 Å². The van der Waals surface area contributed by atoms with E-state index in [1.807, 2.05) is 0 Å². The molecule has 0 saturated carbocycles. The lowest BCUT2D eigenvalue weighted by molar-refractivity contribution is -0.131. The van der Waals surface area contributed by atoms with Gasteiger partial charge < -0.3 is 10.4 Å². The molecule has 0 spiro atoms. The summed E-state index contributed by atoms with van der Waals surface area (Å²) < 4.78 is 0. The normalized spacial score (nSPS) is 11.0. The Hall–Kier alpha value is -2.17. The summed E-state index contributed by atoms with van der Waals surface area (Å²) in [6.07, 6.45) is 8.55. The van der Waals surface area contributed by atoms with Crippen LogP contribution in [0.15, 0.2) is 24.5 Å². The number of carbonyl (C=O) groups excluding carboxylic acids is 1. The SMILES string of the molecule is CC(C)CCCCNC(=O)c1ccncc1/C=C/C(=O)O. The minimum Gasteiger partial charge on any atom is -0.478 e. The smallest absolute Gasteiger partial charge is 0.328 e. The molecule has 0 fully saturated rings. The Morgan fingerprint density at radius 1 is 1.38 bits per heavy atom. The number of aliphatic carboxylic acids is 1. The maximum Gasteiger partial charge on any atom is 0.328 e. The number of nitrogens with one attached hydrogen (secondary N) is 1. The molecule has 0 unspecified atom stereocenters. The van der Waals surface area contributed by atoms with Crippen molar-refractivity contribution in [2.24, 2.45) is 5.92 Å². The fourth-order valence-corrected chi connectivity index (χ4v) is 1.88. The second-order valence-corrected chi connectivity index (χ2v) is 5.28. The summed E-state index contributed by atoms with van der Waals surface area (Å²) in [5.74, 6) is -0.584. The van der Waals surface area contributed by atoms with E-state index in [2.05, 4.69) is 24.1 Å². The molecule has 5 heteroatoms. The van der Waals surface area contributed by atoms with Gasteiger partial charge in [-0.05, 0) is 24.5 Å². The van der Waals surface area contributed by atoms with Crippen molar-refractivity contribution < 1.29 is 14.7 Å². The molecule has 1 aromatic heterocycles. The lowest BCUT2D eigenvalue weighted by Gasteiger charge is -2.08. The fraction of sp³-hybridized carbons (Fsp3) is 0.438. The van der Waals surface area contributed by atoms with Gasteiger partial charge in [0.05, 0.1) is 0 Å². The molecule has 0 radical (unpaired) electrons. The fourth-order valence-electron chi connectivity index (χ4n) is 1.88. The van der Waals surface area contributed by atoms with E-state index in [4.69, 9.17) is 5.11 Å². The van der Waals surface area contributed by atoms with Gasteiger partial charge >= 0.3 is 5.97 Å². The summed E-state index contributed by atoms with van der Waals surface area (Å²) in [6, 6.07) is 1.59. The number of hydrogen-bond donors (Lipinski definition) is 2. The molecule has 0 aromatic carbocycles. The molecular weight excluding hydrogens is 268 g/mol. The molecule has 0 aliphatic rings. The van der Waals surface area contributed by atoms with Gasteiger partial charge in [-0.25, -0.2) is 4.79 Å². The summed E-state index contributed by atoms with van der Waals surface area (Å²) in [5, 5.41) is 11.5. The molecule has 21 heavy (non-hydrogen) atoms. The second kappa shape index (κ2) is 8.89. The van der Waals surface area contributed by atoms with E-state index >= 15 is 0 Å². The molecule has 5 nitrogen and oxygen atoms in total. The largest absolute Gasteiger partial charge is 0.478 e. The topological polar surface area (TPSA) is 79.3 Å². The van der Waals surface area contributed by atoms with E-state index in [1.54, 1.807) is 6.07 Å². The Labute approximate surface area is 125 Å². The third-order valence-corrected chi connectivity index (χ3v) is 3.00. The van der Waals surface area contributed by atoms with Crippen LogP contribution in [-0.2, 0) is 4.79 Å². The van der Waals surface area contributed by atoms with E-state index in [0.717, 1.165) is 25.3 Å². The van der Waals surface area contributed by atoms with Crippen LogP contribution in [0.2, 0.25) is 0 Å². The number of unbranched alkanes of at least 4 members (excludes halogenated alkanes) is 1. The highest BCUT2D eigenvalue weighted by Gasteiger charge is 2.09. The predicted molar refractivity (Wildman–Crippen MR) is 81.9 cm³/mol. The molecule has 114 valence electrons. The summed E-state index contributed by atoms with van der Waals surface area (Å²) in [6.45, 7) is 4.98. The summed E-state index contributed by atoms with van der Waals surface area (Å²) in [7, 11) is 0. The van der Waals surface area contributed by atoms with Crippen LogP contribution in [0, 0.1) is 5.92 Å². The zero-order valence-electron chi connectivity index (χ0n) is 12.5. The first-order valence-corrected chi connectivity index (χ1v) is 7.14. The quantitative estimate of drug-likeness (QED) is 0.570. The zero-order valence-corrected chi connectivity index (χ0v) is 12.5. The van der Waals surface area contributed by atoms with Gasteiger partial charge in [0.25, 0.3) is 5.91 Å². The van der Waals surface area contributed by atoms with E-state index in [-0.39, 0.29) is 5.91 Å². The van der Waals surface area contributed by atoms with Crippen LogP contribution in [0.1, 0.15) is 49.0 Å². The molecule has 1 amide bonds. The molecule has 1 rings (SSSR count). The minimum absolute atomic E-state index is 0.202. The van der Waals surface area contributed by atoms with Gasteiger partial charge in [0.1, 0.15) is 0 Å². The van der Waals surface area contributed by atoms with Crippen molar-refractivity contribution in [3.05, 3.63) is 35.7 Å². The van der Waals surface area contributed by atoms with Gasteiger partial charge in [0, 0.05) is 36.1 Å². The Morgan fingerprint density at radius 2 is 2.14 bits per heavy atom. The van der Waals surface area contributed by atoms with Crippen molar-refractivity contribution in [2.75, 3.05) is 6.54 Å². The molecule has 1 aromatic rings. The molecule has 0 aliphatic carbocycles. The van der Waals surface area contributed by atoms with Crippen LogP contribution in [0.25, 0.3) is 6.08 Å². The first kappa shape index (κ1) is 16.9. The second-order valence-electron chi connectivity index (χ2n) is 5.28. The van der Waals surface area contributed by atoms with Crippen molar-refractivity contribution in [2.45, 2.75) is 33.1 Å². The third kappa shape index (κ3) is 6.70. The molecule has 0 aliphatic heterocycles. The monoisotopic (exact) mass is 290 g/mol. The molecule has 1 heterocycles. The summed E-state index contributed by atoms with van der Waals surface area (Å²) in [4.78, 5) is 26.5. The number of carbonyl (C=O) groups is 2. The number of amides is 1. The van der Waals surface area contributed by atoms with E-state index < -0.39 is 5.97 Å². The Kier molecular flexibility index (Phi) is 7.15. The number of hydrogen-bond acceptors (Lipinski definition) is 3. The average molecular weight is 290 g/mol. The van der Waals surface area contributed by atoms with Crippen molar-refractivity contribution >= 4 is 18.0 Å². The highest BCUT2D eigenvalue weighted by atomic mass is 16.4. The van der Waals surface area contributed by atoms with Gasteiger partial charge in [0.2, 0.25) is 0 Å². The van der Waals surface area contributed by atoms with E-state index in [0.29, 0.717) is 23.6 Å². The molecule has 0 atom stereocenters. The lowest BCUT2D eigenvalue weighted by atomic mass is 10.1. The number of rotatable bonds is 8. The maximum atomic E-state index is 12.1. The third-order valence-electron chi connectivity index (χ3n) is 3.00. The Balaban J connectivity index is 2.56. The van der Waals surface area contributed by atoms with Crippen LogP contribution in [0.3, 0.4) is 0 Å². The number of carboxylic acids is 1. The van der Waals surface area contributed by atoms with Gasteiger partial charge in [-0.1, -0.05) is 26.7 Å². The van der Waals surface area contributed by atoms with Crippen molar-refractivity contribution in [1.82, 2.24) is 10.3 Å². The van der Waals surface area contributed by atoms with Gasteiger partial charge in [0.15, 0.2) is 0 Å².